The average Bonchev–Trinajstić information content (AvgIpc) is 3.21. The Kier molecular flexibility index (Phi) is 3.55. The van der Waals surface area contributed by atoms with E-state index >= 15 is 0 Å². The fraction of sp³-hybridized carbons (Fsp3) is 0.182. The van der Waals surface area contributed by atoms with Crippen molar-refractivity contribution >= 4 is 27.9 Å². The predicted molar refractivity (Wildman–Crippen MR) is 103 cm³/mol. The zero-order valence-corrected chi connectivity index (χ0v) is 15.0. The first-order chi connectivity index (χ1) is 13.5. The fourth-order valence-corrected chi connectivity index (χ4v) is 3.88. The van der Waals surface area contributed by atoms with Crippen LogP contribution in [0.1, 0.15) is 18.1 Å². The van der Waals surface area contributed by atoms with Crippen LogP contribution in [0.25, 0.3) is 33.3 Å². The third-order valence-electron chi connectivity index (χ3n) is 5.03. The fourth-order valence-electron chi connectivity index (χ4n) is 3.88. The van der Waals surface area contributed by atoms with Gasteiger partial charge in [-0.15, -0.1) is 0 Å². The van der Waals surface area contributed by atoms with Crippen molar-refractivity contribution in [3.63, 3.8) is 0 Å². The number of aliphatic carboxylic acids is 1. The molecular formula is C22H16O6. The number of furan rings is 1. The number of fused-ring (bicyclic) bond motifs is 4. The molecule has 0 saturated heterocycles. The molecular weight excluding hydrogens is 360 g/mol. The van der Waals surface area contributed by atoms with Gasteiger partial charge in [0, 0.05) is 17.5 Å². The van der Waals surface area contributed by atoms with E-state index in [1.54, 1.807) is 18.2 Å². The Hall–Kier alpha value is -3.54. The molecule has 0 fully saturated rings. The lowest BCUT2D eigenvalue weighted by Gasteiger charge is -2.04. The molecule has 0 bridgehead atoms. The minimum atomic E-state index is -1.05. The van der Waals surface area contributed by atoms with Crippen molar-refractivity contribution in [2.45, 2.75) is 25.9 Å². The molecule has 1 aliphatic heterocycles. The van der Waals surface area contributed by atoms with E-state index in [2.05, 4.69) is 0 Å². The molecule has 0 saturated carbocycles. The second-order valence-electron chi connectivity index (χ2n) is 7.03. The Balaban J connectivity index is 1.82. The predicted octanol–water partition coefficient (Wildman–Crippen LogP) is 4.16. The molecule has 0 aliphatic carbocycles. The van der Waals surface area contributed by atoms with E-state index in [1.807, 2.05) is 31.2 Å². The molecule has 6 nitrogen and oxygen atoms in total. The zero-order chi connectivity index (χ0) is 19.4. The lowest BCUT2D eigenvalue weighted by molar-refractivity contribution is -0.136. The van der Waals surface area contributed by atoms with Crippen molar-refractivity contribution in [1.29, 1.82) is 0 Å². The monoisotopic (exact) mass is 376 g/mol. The number of rotatable bonds is 3. The highest BCUT2D eigenvalue weighted by Gasteiger charge is 2.26. The van der Waals surface area contributed by atoms with Crippen LogP contribution in [0.3, 0.4) is 0 Å². The summed E-state index contributed by atoms with van der Waals surface area (Å²) in [6.45, 7) is 1.99. The summed E-state index contributed by atoms with van der Waals surface area (Å²) < 4.78 is 17.2. The van der Waals surface area contributed by atoms with Gasteiger partial charge in [0.1, 0.15) is 28.6 Å². The Morgan fingerprint density at radius 3 is 2.82 bits per heavy atom. The van der Waals surface area contributed by atoms with Gasteiger partial charge in [-0.25, -0.2) is 4.79 Å². The molecule has 1 atom stereocenters. The molecule has 1 N–H and O–H groups in total. The van der Waals surface area contributed by atoms with E-state index in [-0.39, 0.29) is 17.9 Å². The summed E-state index contributed by atoms with van der Waals surface area (Å²) in [5.74, 6) is 0.148. The van der Waals surface area contributed by atoms with Gasteiger partial charge in [-0.05, 0) is 42.8 Å². The van der Waals surface area contributed by atoms with Crippen LogP contribution in [0.5, 0.6) is 5.75 Å². The molecule has 4 aromatic rings. The number of benzene rings is 2. The summed E-state index contributed by atoms with van der Waals surface area (Å²) in [7, 11) is 0. The molecule has 6 heteroatoms. The van der Waals surface area contributed by atoms with Gasteiger partial charge in [0.2, 0.25) is 0 Å². The number of hydrogen-bond donors (Lipinski definition) is 1. The van der Waals surface area contributed by atoms with Crippen LogP contribution in [-0.2, 0) is 17.6 Å². The maximum atomic E-state index is 12.6. The van der Waals surface area contributed by atoms with E-state index in [9.17, 15) is 14.7 Å². The van der Waals surface area contributed by atoms with Crippen LogP contribution >= 0.6 is 0 Å². The highest BCUT2D eigenvalue weighted by Crippen LogP contribution is 2.39. The maximum absolute atomic E-state index is 12.6. The second-order valence-corrected chi connectivity index (χ2v) is 7.03. The van der Waals surface area contributed by atoms with Crippen molar-refractivity contribution < 1.29 is 23.5 Å². The molecule has 3 heterocycles. The largest absolute Gasteiger partial charge is 0.490 e. The molecule has 28 heavy (non-hydrogen) atoms. The van der Waals surface area contributed by atoms with Crippen LogP contribution in [-0.4, -0.2) is 17.2 Å². The number of carboxylic acid groups (broad SMARTS) is 1. The normalized spacial score (nSPS) is 15.7. The number of hydrogen-bond acceptors (Lipinski definition) is 5. The standard InChI is InChI=1S/C22H16O6/c1-11-8-13-9-12(6-7-16(13)26-11)20-15(10-18(23)24)19-21(28-20)14-4-2-3-5-17(14)27-22(19)25/h2-7,9,11H,8,10H2,1H3,(H,23,24). The summed E-state index contributed by atoms with van der Waals surface area (Å²) in [4.78, 5) is 24.1. The number of para-hydroxylation sites is 1. The van der Waals surface area contributed by atoms with Gasteiger partial charge in [-0.1, -0.05) is 12.1 Å². The van der Waals surface area contributed by atoms with Crippen molar-refractivity contribution in [1.82, 2.24) is 0 Å². The quantitative estimate of drug-likeness (QED) is 0.540. The molecule has 0 amide bonds. The van der Waals surface area contributed by atoms with Crippen molar-refractivity contribution in [3.8, 4) is 17.1 Å². The molecule has 1 unspecified atom stereocenters. The van der Waals surface area contributed by atoms with Crippen molar-refractivity contribution in [2.24, 2.45) is 0 Å². The zero-order valence-electron chi connectivity index (χ0n) is 15.0. The Morgan fingerprint density at radius 2 is 2.00 bits per heavy atom. The first-order valence-electron chi connectivity index (χ1n) is 9.00. The first-order valence-corrected chi connectivity index (χ1v) is 9.00. The third-order valence-corrected chi connectivity index (χ3v) is 5.03. The summed E-state index contributed by atoms with van der Waals surface area (Å²) >= 11 is 0. The van der Waals surface area contributed by atoms with Crippen LogP contribution in [0.2, 0.25) is 0 Å². The molecule has 140 valence electrons. The van der Waals surface area contributed by atoms with E-state index in [0.717, 1.165) is 17.7 Å². The molecule has 2 aromatic carbocycles. The van der Waals surface area contributed by atoms with Gasteiger partial charge < -0.3 is 18.7 Å². The lowest BCUT2D eigenvalue weighted by Crippen LogP contribution is -2.06. The minimum absolute atomic E-state index is 0.0930. The van der Waals surface area contributed by atoms with Gasteiger partial charge in [0.15, 0.2) is 5.58 Å². The highest BCUT2D eigenvalue weighted by molar-refractivity contribution is 6.04. The third kappa shape index (κ3) is 2.49. The first kappa shape index (κ1) is 16.6. The second kappa shape index (κ2) is 5.99. The van der Waals surface area contributed by atoms with E-state index in [0.29, 0.717) is 33.4 Å². The van der Waals surface area contributed by atoms with Crippen LogP contribution < -0.4 is 10.4 Å². The topological polar surface area (TPSA) is 89.9 Å². The van der Waals surface area contributed by atoms with E-state index in [4.69, 9.17) is 13.6 Å². The van der Waals surface area contributed by atoms with Gasteiger partial charge in [-0.2, -0.15) is 0 Å². The van der Waals surface area contributed by atoms with Crippen LogP contribution in [0.4, 0.5) is 0 Å². The summed E-state index contributed by atoms with van der Waals surface area (Å²) in [5, 5.41) is 10.2. The molecule has 2 aromatic heterocycles. The van der Waals surface area contributed by atoms with Gasteiger partial charge in [0.25, 0.3) is 0 Å². The van der Waals surface area contributed by atoms with Crippen LogP contribution in [0.15, 0.2) is 56.1 Å². The van der Waals surface area contributed by atoms with Crippen LogP contribution in [0, 0.1) is 0 Å². The Labute approximate surface area is 159 Å². The summed E-state index contributed by atoms with van der Waals surface area (Å²) in [5.41, 5.74) is 2.23. The summed E-state index contributed by atoms with van der Waals surface area (Å²) in [6, 6.07) is 12.7. The maximum Gasteiger partial charge on any atom is 0.347 e. The van der Waals surface area contributed by atoms with E-state index in [1.165, 1.54) is 0 Å². The van der Waals surface area contributed by atoms with Gasteiger partial charge >= 0.3 is 11.6 Å². The van der Waals surface area contributed by atoms with Gasteiger partial charge in [0.05, 0.1) is 11.8 Å². The molecule has 0 radical (unpaired) electrons. The smallest absolute Gasteiger partial charge is 0.347 e. The lowest BCUT2D eigenvalue weighted by atomic mass is 10.0. The van der Waals surface area contributed by atoms with Crippen molar-refractivity contribution in [3.05, 3.63) is 64.0 Å². The average molecular weight is 376 g/mol. The van der Waals surface area contributed by atoms with Crippen molar-refractivity contribution in [2.75, 3.05) is 0 Å². The summed E-state index contributed by atoms with van der Waals surface area (Å²) in [6.07, 6.45) is 0.522. The molecule has 5 rings (SSSR count). The number of carbonyl (C=O) groups is 1. The number of carboxylic acids is 1. The van der Waals surface area contributed by atoms with Gasteiger partial charge in [-0.3, -0.25) is 4.79 Å². The van der Waals surface area contributed by atoms with E-state index < -0.39 is 11.6 Å². The minimum Gasteiger partial charge on any atom is -0.490 e. The SMILES string of the molecule is CC1Cc2cc(-c3oc4c(c3CC(=O)O)c(=O)oc3ccccc34)ccc2O1. The molecule has 1 aliphatic rings. The Bertz CT molecular complexity index is 1310. The highest BCUT2D eigenvalue weighted by atomic mass is 16.5. The number of ether oxygens (including phenoxy) is 1. The molecule has 0 spiro atoms. The Morgan fingerprint density at radius 1 is 1.18 bits per heavy atom.